The van der Waals surface area contributed by atoms with Gasteiger partial charge in [-0.15, -0.1) is 0 Å². The highest BCUT2D eigenvalue weighted by Gasteiger charge is 2.34. The second kappa shape index (κ2) is 5.71. The largest absolute Gasteiger partial charge is 0.350 e. The van der Waals surface area contributed by atoms with E-state index in [9.17, 15) is 4.79 Å². The molecular weight excluding hydrogens is 242 g/mol. The summed E-state index contributed by atoms with van der Waals surface area (Å²) >= 11 is 0. The van der Waals surface area contributed by atoms with E-state index < -0.39 is 5.54 Å². The van der Waals surface area contributed by atoms with Crippen LogP contribution < -0.4 is 10.6 Å². The fourth-order valence-corrected chi connectivity index (χ4v) is 2.33. The van der Waals surface area contributed by atoms with Gasteiger partial charge in [-0.25, -0.2) is 0 Å². The van der Waals surface area contributed by atoms with Crippen LogP contribution in [0.1, 0.15) is 19.4 Å². The van der Waals surface area contributed by atoms with Gasteiger partial charge in [0.1, 0.15) is 0 Å². The van der Waals surface area contributed by atoms with E-state index in [1.165, 1.54) is 0 Å². The van der Waals surface area contributed by atoms with Gasteiger partial charge in [0.05, 0.1) is 11.7 Å². The quantitative estimate of drug-likeness (QED) is 0.786. The Morgan fingerprint density at radius 2 is 2.16 bits per heavy atom. The van der Waals surface area contributed by atoms with Gasteiger partial charge in [-0.2, -0.15) is 5.10 Å². The van der Waals surface area contributed by atoms with Crippen molar-refractivity contribution >= 4 is 5.91 Å². The number of carbonyl (C=O) groups excluding carboxylic acids is 1. The number of hydrogen-bond acceptors (Lipinski definition) is 4. The number of aryl methyl sites for hydroxylation is 1. The lowest BCUT2D eigenvalue weighted by molar-refractivity contribution is -0.132. The highest BCUT2D eigenvalue weighted by molar-refractivity contribution is 5.85. The number of nitrogens with zero attached hydrogens (tertiary/aromatic N) is 3. The minimum absolute atomic E-state index is 0.0678. The van der Waals surface area contributed by atoms with E-state index in [-0.39, 0.29) is 5.91 Å². The molecule has 1 amide bonds. The molecule has 0 bridgehead atoms. The maximum atomic E-state index is 12.3. The molecule has 1 fully saturated rings. The lowest BCUT2D eigenvalue weighted by atomic mass is 10.0. The predicted octanol–water partition coefficient (Wildman–Crippen LogP) is -0.280. The molecule has 2 N–H and O–H groups in total. The second-order valence-corrected chi connectivity index (χ2v) is 5.50. The average Bonchev–Trinajstić information content (AvgIpc) is 2.82. The summed E-state index contributed by atoms with van der Waals surface area (Å²) in [4.78, 5) is 14.6. The van der Waals surface area contributed by atoms with Crippen molar-refractivity contribution in [3.8, 4) is 0 Å². The van der Waals surface area contributed by atoms with E-state index in [4.69, 9.17) is 0 Å². The number of rotatable bonds is 4. The van der Waals surface area contributed by atoms with Crippen molar-refractivity contribution in [3.05, 3.63) is 18.0 Å². The van der Waals surface area contributed by atoms with Crippen molar-refractivity contribution in [2.45, 2.75) is 25.9 Å². The van der Waals surface area contributed by atoms with Gasteiger partial charge in [0.25, 0.3) is 0 Å². The number of hydrogen-bond donors (Lipinski definition) is 2. The zero-order valence-corrected chi connectivity index (χ0v) is 11.9. The fraction of sp³-hybridized carbons (Fsp3) is 0.692. The number of carbonyl (C=O) groups is 1. The number of nitrogens with one attached hydrogen (secondary N) is 2. The van der Waals surface area contributed by atoms with Crippen LogP contribution in [0, 0.1) is 0 Å². The maximum Gasteiger partial charge on any atom is 0.240 e. The first-order chi connectivity index (χ1) is 9.00. The van der Waals surface area contributed by atoms with Crippen molar-refractivity contribution < 1.29 is 4.79 Å². The minimum Gasteiger partial charge on any atom is -0.350 e. The molecule has 1 aliphatic rings. The van der Waals surface area contributed by atoms with Gasteiger partial charge in [-0.05, 0) is 13.8 Å². The molecule has 0 aliphatic carbocycles. The molecule has 6 nitrogen and oxygen atoms in total. The van der Waals surface area contributed by atoms with E-state index in [1.54, 1.807) is 10.9 Å². The van der Waals surface area contributed by atoms with Crippen LogP contribution in [0.15, 0.2) is 12.4 Å². The van der Waals surface area contributed by atoms with Crippen LogP contribution in [0.2, 0.25) is 0 Å². The summed E-state index contributed by atoms with van der Waals surface area (Å²) in [6.45, 7) is 8.20. The highest BCUT2D eigenvalue weighted by atomic mass is 16.2. The van der Waals surface area contributed by atoms with Crippen molar-refractivity contribution in [1.82, 2.24) is 25.3 Å². The molecule has 1 aromatic heterocycles. The van der Waals surface area contributed by atoms with E-state index in [2.05, 4.69) is 20.6 Å². The zero-order valence-electron chi connectivity index (χ0n) is 11.9. The Labute approximate surface area is 114 Å². The standard InChI is InChI=1S/C13H23N5O/c1-13(2,18-6-4-14-5-7-18)12(19)15-8-11-9-16-17(3)10-11/h9-10,14H,4-8H2,1-3H3,(H,15,19). The second-order valence-electron chi connectivity index (χ2n) is 5.50. The van der Waals surface area contributed by atoms with Gasteiger partial charge in [0, 0.05) is 51.5 Å². The van der Waals surface area contributed by atoms with Crippen molar-refractivity contribution in [2.75, 3.05) is 26.2 Å². The third kappa shape index (κ3) is 3.33. The van der Waals surface area contributed by atoms with Crippen LogP contribution in [0.5, 0.6) is 0 Å². The lowest BCUT2D eigenvalue weighted by Gasteiger charge is -2.39. The topological polar surface area (TPSA) is 62.2 Å². The molecule has 1 aromatic rings. The third-order valence-corrected chi connectivity index (χ3v) is 3.67. The Kier molecular flexibility index (Phi) is 4.21. The van der Waals surface area contributed by atoms with Crippen LogP contribution in [0.4, 0.5) is 0 Å². The van der Waals surface area contributed by atoms with E-state index in [0.29, 0.717) is 6.54 Å². The van der Waals surface area contributed by atoms with Gasteiger partial charge in [-0.3, -0.25) is 14.4 Å². The van der Waals surface area contributed by atoms with Gasteiger partial charge in [0.2, 0.25) is 5.91 Å². The Morgan fingerprint density at radius 1 is 1.47 bits per heavy atom. The van der Waals surface area contributed by atoms with Crippen molar-refractivity contribution in [1.29, 1.82) is 0 Å². The number of piperazine rings is 1. The summed E-state index contributed by atoms with van der Waals surface area (Å²) < 4.78 is 1.74. The first-order valence-corrected chi connectivity index (χ1v) is 6.72. The van der Waals surface area contributed by atoms with Gasteiger partial charge in [0.15, 0.2) is 0 Å². The summed E-state index contributed by atoms with van der Waals surface area (Å²) in [6, 6.07) is 0. The molecule has 0 saturated carbocycles. The monoisotopic (exact) mass is 265 g/mol. The van der Waals surface area contributed by atoms with Gasteiger partial charge < -0.3 is 10.6 Å². The average molecular weight is 265 g/mol. The lowest BCUT2D eigenvalue weighted by Crippen LogP contribution is -2.59. The van der Waals surface area contributed by atoms with Crippen molar-refractivity contribution in [2.24, 2.45) is 7.05 Å². The number of aromatic nitrogens is 2. The summed E-state index contributed by atoms with van der Waals surface area (Å²) in [5, 5.41) is 10.4. The molecule has 1 saturated heterocycles. The molecule has 106 valence electrons. The molecule has 2 heterocycles. The first kappa shape index (κ1) is 14.0. The minimum atomic E-state index is -0.468. The molecule has 0 aromatic carbocycles. The summed E-state index contributed by atoms with van der Waals surface area (Å²) in [7, 11) is 1.87. The Morgan fingerprint density at radius 3 is 2.74 bits per heavy atom. The van der Waals surface area contributed by atoms with E-state index in [1.807, 2.05) is 27.1 Å². The fourth-order valence-electron chi connectivity index (χ4n) is 2.33. The Balaban J connectivity index is 1.90. The molecule has 0 spiro atoms. The Hall–Kier alpha value is -1.40. The van der Waals surface area contributed by atoms with Crippen LogP contribution in [0.25, 0.3) is 0 Å². The molecule has 2 rings (SSSR count). The number of amides is 1. The van der Waals surface area contributed by atoms with Gasteiger partial charge >= 0.3 is 0 Å². The van der Waals surface area contributed by atoms with Crippen LogP contribution in [0.3, 0.4) is 0 Å². The smallest absolute Gasteiger partial charge is 0.240 e. The zero-order chi connectivity index (χ0) is 13.9. The molecule has 0 atom stereocenters. The first-order valence-electron chi connectivity index (χ1n) is 6.72. The van der Waals surface area contributed by atoms with Crippen LogP contribution in [-0.4, -0.2) is 52.3 Å². The highest BCUT2D eigenvalue weighted by Crippen LogP contribution is 2.15. The molecule has 6 heteroatoms. The van der Waals surface area contributed by atoms with Crippen molar-refractivity contribution in [3.63, 3.8) is 0 Å². The Bertz CT molecular complexity index is 434. The maximum absolute atomic E-state index is 12.3. The summed E-state index contributed by atoms with van der Waals surface area (Å²) in [6.07, 6.45) is 3.69. The molecule has 0 unspecified atom stereocenters. The van der Waals surface area contributed by atoms with E-state index in [0.717, 1.165) is 31.7 Å². The predicted molar refractivity (Wildman–Crippen MR) is 73.6 cm³/mol. The molecule has 1 aliphatic heterocycles. The normalized spacial score (nSPS) is 17.4. The SMILES string of the molecule is Cn1cc(CNC(=O)C(C)(C)N2CCNCC2)cn1. The van der Waals surface area contributed by atoms with E-state index >= 15 is 0 Å². The van der Waals surface area contributed by atoms with Crippen LogP contribution in [-0.2, 0) is 18.4 Å². The molecular formula is C13H23N5O. The molecule has 0 radical (unpaired) electrons. The van der Waals surface area contributed by atoms with Gasteiger partial charge in [-0.1, -0.05) is 0 Å². The summed E-state index contributed by atoms with van der Waals surface area (Å²) in [5.74, 6) is 0.0678. The third-order valence-electron chi connectivity index (χ3n) is 3.67. The van der Waals surface area contributed by atoms with Crippen LogP contribution >= 0.6 is 0 Å². The summed E-state index contributed by atoms with van der Waals surface area (Å²) in [5.41, 5.74) is 0.552. The molecule has 19 heavy (non-hydrogen) atoms.